The number of anilines is 1. The minimum absolute atomic E-state index is 0.0332. The second-order valence-corrected chi connectivity index (χ2v) is 18.7. The molecule has 3 aliphatic heterocycles. The minimum Gasteiger partial charge on any atom is -0.490 e. The lowest BCUT2D eigenvalue weighted by Crippen LogP contribution is -2.61. The lowest BCUT2D eigenvalue weighted by atomic mass is 9.68. The van der Waals surface area contributed by atoms with Crippen molar-refractivity contribution in [3.63, 3.8) is 0 Å². The number of hydrogen-bond donors (Lipinski definition) is 1. The van der Waals surface area contributed by atoms with E-state index in [1.54, 1.807) is 25.2 Å². The van der Waals surface area contributed by atoms with Crippen molar-refractivity contribution in [1.82, 2.24) is 9.62 Å². The molecule has 0 radical (unpaired) electrons. The van der Waals surface area contributed by atoms with Crippen LogP contribution in [-0.4, -0.2) is 85.5 Å². The number of rotatable bonds is 4. The zero-order valence-electron chi connectivity index (χ0n) is 31.1. The predicted octanol–water partition coefficient (Wildman–Crippen LogP) is 7.04. The van der Waals surface area contributed by atoms with Crippen molar-refractivity contribution in [3.05, 3.63) is 70.3 Å². The Morgan fingerprint density at radius 2 is 1.94 bits per heavy atom. The maximum absolute atomic E-state index is 14.6. The number of amides is 3. The smallest absolute Gasteiger partial charge is 0.329 e. The van der Waals surface area contributed by atoms with E-state index in [2.05, 4.69) is 38.3 Å². The van der Waals surface area contributed by atoms with Crippen molar-refractivity contribution in [2.45, 2.75) is 76.4 Å². The van der Waals surface area contributed by atoms with Crippen LogP contribution in [-0.2, 0) is 31.2 Å². The van der Waals surface area contributed by atoms with E-state index in [0.717, 1.165) is 55.9 Å². The van der Waals surface area contributed by atoms with E-state index >= 15 is 0 Å². The highest BCUT2D eigenvalue weighted by atomic mass is 35.5. The number of carbonyl (C=O) groups excluding carboxylic acids is 2. The third-order valence-corrected chi connectivity index (χ3v) is 14.6. The van der Waals surface area contributed by atoms with Crippen molar-refractivity contribution >= 4 is 39.1 Å². The number of allylic oxidation sites excluding steroid dienone is 1. The number of halogens is 1. The number of carbonyl (C=O) groups is 2. The molecule has 6 atom stereocenters. The number of aryl methyl sites for hydroxylation is 1. The summed E-state index contributed by atoms with van der Waals surface area (Å²) >= 11 is 6.46. The molecule has 1 saturated carbocycles. The highest BCUT2D eigenvalue weighted by Gasteiger charge is 2.45. The summed E-state index contributed by atoms with van der Waals surface area (Å²) in [4.78, 5) is 31.5. The third-order valence-electron chi connectivity index (χ3n) is 12.4. The molecule has 2 fully saturated rings. The Kier molecular flexibility index (Phi) is 10.5. The van der Waals surface area contributed by atoms with Gasteiger partial charge in [0.05, 0.1) is 29.8 Å². The number of urea groups is 1. The van der Waals surface area contributed by atoms with Crippen LogP contribution in [0.1, 0.15) is 74.4 Å². The molecule has 1 N–H and O–H groups in total. The first kappa shape index (κ1) is 37.2. The van der Waals surface area contributed by atoms with Gasteiger partial charge in [0.1, 0.15) is 15.7 Å². The summed E-state index contributed by atoms with van der Waals surface area (Å²) in [6.45, 7) is 8.91. The first-order chi connectivity index (χ1) is 24.8. The third kappa shape index (κ3) is 7.35. The molecule has 2 aromatic rings. The average Bonchev–Trinajstić information content (AvgIpc) is 3.21. The van der Waals surface area contributed by atoms with Gasteiger partial charge in [0.25, 0.3) is 5.91 Å². The number of benzene rings is 2. The van der Waals surface area contributed by atoms with Gasteiger partial charge in [-0.05, 0) is 112 Å². The van der Waals surface area contributed by atoms with Gasteiger partial charge in [0, 0.05) is 62.3 Å². The van der Waals surface area contributed by atoms with Crippen LogP contribution in [0.25, 0.3) is 0 Å². The molecule has 1 spiro atoms. The van der Waals surface area contributed by atoms with Crippen LogP contribution in [0.2, 0.25) is 5.02 Å². The summed E-state index contributed by atoms with van der Waals surface area (Å²) in [6.07, 6.45) is 9.95. The van der Waals surface area contributed by atoms with Crippen molar-refractivity contribution in [2.75, 3.05) is 57.7 Å². The van der Waals surface area contributed by atoms with Gasteiger partial charge in [-0.25, -0.2) is 9.00 Å². The van der Waals surface area contributed by atoms with Crippen LogP contribution in [0.4, 0.5) is 10.5 Å². The SMILES string of the molecule is CO[C@H]1/C=C\C[C@H](C)CS(=O)(NC(=O)N2CC(C(C)(C)OC)C2)=NC(=O)c2ccc3c(c2)N(C[C@@H]2CC[C@H]21)C[C@@]1(CCCc2cc(Cl)ccc21)CO3. The van der Waals surface area contributed by atoms with Crippen LogP contribution >= 0.6 is 11.6 Å². The number of nitrogens with zero attached hydrogens (tertiary/aromatic N) is 3. The largest absolute Gasteiger partial charge is 0.490 e. The van der Waals surface area contributed by atoms with Crippen LogP contribution in [0.3, 0.4) is 0 Å². The number of methoxy groups -OCH3 is 2. The maximum Gasteiger partial charge on any atom is 0.329 e. The summed E-state index contributed by atoms with van der Waals surface area (Å²) in [7, 11) is -0.0566. The number of nitrogens with one attached hydrogen (secondary N) is 1. The highest BCUT2D eigenvalue weighted by Crippen LogP contribution is 2.47. The molecule has 2 bridgehead atoms. The summed E-state index contributed by atoms with van der Waals surface area (Å²) in [5.74, 6) is 0.882. The van der Waals surface area contributed by atoms with Crippen molar-refractivity contribution in [2.24, 2.45) is 28.0 Å². The van der Waals surface area contributed by atoms with E-state index in [4.69, 9.17) is 25.8 Å². The van der Waals surface area contributed by atoms with Gasteiger partial charge in [0.2, 0.25) is 0 Å². The lowest BCUT2D eigenvalue weighted by molar-refractivity contribution is -0.0745. The van der Waals surface area contributed by atoms with Crippen molar-refractivity contribution in [3.8, 4) is 5.75 Å². The number of likely N-dealkylation sites (tertiary alicyclic amines) is 1. The van der Waals surface area contributed by atoms with Gasteiger partial charge in [-0.3, -0.25) is 9.52 Å². The molecule has 2 aromatic carbocycles. The van der Waals surface area contributed by atoms with E-state index in [-0.39, 0.29) is 29.1 Å². The quantitative estimate of drug-likeness (QED) is 0.334. The first-order valence-corrected chi connectivity index (χ1v) is 20.8. The van der Waals surface area contributed by atoms with E-state index in [1.807, 2.05) is 39.0 Å². The van der Waals surface area contributed by atoms with Gasteiger partial charge in [-0.2, -0.15) is 0 Å². The van der Waals surface area contributed by atoms with Crippen molar-refractivity contribution < 1.29 is 28.0 Å². The molecule has 52 heavy (non-hydrogen) atoms. The molecule has 0 aromatic heterocycles. The maximum atomic E-state index is 14.6. The first-order valence-electron chi connectivity index (χ1n) is 18.7. The molecule has 12 heteroatoms. The lowest BCUT2D eigenvalue weighted by Gasteiger charge is -2.46. The van der Waals surface area contributed by atoms with E-state index in [1.165, 1.54) is 11.1 Å². The molecule has 1 saturated heterocycles. The molecule has 1 unspecified atom stereocenters. The molecule has 282 valence electrons. The number of ether oxygens (including phenoxy) is 3. The summed E-state index contributed by atoms with van der Waals surface area (Å²) in [6, 6.07) is 11.1. The minimum atomic E-state index is -3.49. The molecule has 10 nitrogen and oxygen atoms in total. The monoisotopic (exact) mass is 752 g/mol. The second-order valence-electron chi connectivity index (χ2n) is 16.3. The molecule has 7 rings (SSSR count). The van der Waals surface area contributed by atoms with Gasteiger partial charge >= 0.3 is 6.03 Å². The summed E-state index contributed by atoms with van der Waals surface area (Å²) < 4.78 is 39.9. The zero-order valence-corrected chi connectivity index (χ0v) is 32.6. The van der Waals surface area contributed by atoms with Gasteiger partial charge in [-0.1, -0.05) is 36.7 Å². The molecular weight excluding hydrogens is 700 g/mol. The fourth-order valence-corrected chi connectivity index (χ4v) is 10.9. The van der Waals surface area contributed by atoms with E-state index < -0.39 is 27.5 Å². The van der Waals surface area contributed by atoms with Crippen LogP contribution in [0.5, 0.6) is 5.75 Å². The van der Waals surface area contributed by atoms with Gasteiger partial charge < -0.3 is 24.0 Å². The van der Waals surface area contributed by atoms with Crippen LogP contribution < -0.4 is 14.4 Å². The summed E-state index contributed by atoms with van der Waals surface area (Å²) in [5.41, 5.74) is 3.05. The standard InChI is InChI=1S/C40H53ClN4O6S/c1-26-8-6-10-35(49-4)32-14-11-29(32)20-45-24-40(17-7-9-27-18-31(41)13-15-33(27)40)25-51-36-16-12-28(19-34(36)45)37(46)42-52(48,23-26)43-38(47)44-21-30(22-44)39(2,3)50-5/h6,10,12-13,15-16,18-19,26,29-30,32,35H,7-9,11,14,17,20-25H2,1-5H3,(H,42,43,46,47,48)/b10-6-/t26-,29-,32+,35-,40-,52?/m0/s1. The molecular formula is C40H53ClN4O6S. The fraction of sp³-hybridized carbons (Fsp3) is 0.600. The molecule has 3 heterocycles. The molecule has 2 aliphatic carbocycles. The van der Waals surface area contributed by atoms with Crippen molar-refractivity contribution in [1.29, 1.82) is 0 Å². The van der Waals surface area contributed by atoms with Gasteiger partial charge in [-0.15, -0.1) is 4.36 Å². The number of fused-ring (bicyclic) bond motifs is 4. The Bertz CT molecular complexity index is 1850. The fourth-order valence-electron chi connectivity index (χ4n) is 8.82. The van der Waals surface area contributed by atoms with E-state index in [9.17, 15) is 13.8 Å². The van der Waals surface area contributed by atoms with Gasteiger partial charge in [0.15, 0.2) is 0 Å². The Morgan fingerprint density at radius 3 is 2.67 bits per heavy atom. The average molecular weight is 753 g/mol. The number of hydrogen-bond acceptors (Lipinski definition) is 7. The Labute approximate surface area is 313 Å². The Balaban J connectivity index is 1.25. The predicted molar refractivity (Wildman–Crippen MR) is 205 cm³/mol. The van der Waals surface area contributed by atoms with E-state index in [0.29, 0.717) is 49.3 Å². The topological polar surface area (TPSA) is 110 Å². The normalized spacial score (nSPS) is 31.5. The zero-order chi connectivity index (χ0) is 36.8. The Morgan fingerprint density at radius 1 is 1.13 bits per heavy atom. The summed E-state index contributed by atoms with van der Waals surface area (Å²) in [5, 5.41) is 0.743. The highest BCUT2D eigenvalue weighted by molar-refractivity contribution is 7.92. The molecule has 3 amide bonds. The van der Waals surface area contributed by atoms with Crippen LogP contribution in [0, 0.1) is 23.7 Å². The second kappa shape index (κ2) is 14.6. The Hall–Kier alpha value is -3.12. The molecule has 5 aliphatic rings. The van der Waals surface area contributed by atoms with Crippen LogP contribution in [0.15, 0.2) is 52.9 Å².